The largest absolute Gasteiger partial charge is 0.493 e. The summed E-state index contributed by atoms with van der Waals surface area (Å²) in [6, 6.07) is 7.15. The number of pyridine rings is 1. The molecule has 0 fully saturated rings. The molecule has 0 aliphatic heterocycles. The molecule has 12 heteroatoms. The lowest BCUT2D eigenvalue weighted by Crippen LogP contribution is -2.42. The van der Waals surface area contributed by atoms with E-state index in [1.54, 1.807) is 39.0 Å². The van der Waals surface area contributed by atoms with Crippen molar-refractivity contribution in [3.8, 4) is 11.5 Å². The monoisotopic (exact) mass is 599 g/mol. The minimum absolute atomic E-state index is 0.0161. The first-order valence-corrected chi connectivity index (χ1v) is 13.9. The van der Waals surface area contributed by atoms with Gasteiger partial charge in [-0.2, -0.15) is 4.90 Å². The van der Waals surface area contributed by atoms with Gasteiger partial charge in [0, 0.05) is 28.9 Å². The molecule has 3 aromatic rings. The molecule has 0 spiro atoms. The number of methoxy groups -OCH3 is 2. The van der Waals surface area contributed by atoms with Crippen molar-refractivity contribution in [2.24, 2.45) is 0 Å². The maximum atomic E-state index is 14.9. The van der Waals surface area contributed by atoms with E-state index in [1.807, 2.05) is 0 Å². The quantitative estimate of drug-likeness (QED) is 0.208. The van der Waals surface area contributed by atoms with Crippen LogP contribution in [0.25, 0.3) is 10.8 Å². The van der Waals surface area contributed by atoms with Crippen molar-refractivity contribution in [2.45, 2.75) is 65.0 Å². The summed E-state index contributed by atoms with van der Waals surface area (Å²) in [5.41, 5.74) is -0.740. The first-order chi connectivity index (χ1) is 20.4. The Morgan fingerprint density at radius 3 is 2.33 bits per heavy atom. The number of ether oxygens (including phenoxy) is 4. The summed E-state index contributed by atoms with van der Waals surface area (Å²) >= 11 is 0. The molecule has 0 aliphatic rings. The summed E-state index contributed by atoms with van der Waals surface area (Å²) in [5.74, 6) is -1.86. The number of carbonyl (C=O) groups excluding carboxylic acids is 2. The highest BCUT2D eigenvalue weighted by molar-refractivity contribution is 6.14. The predicted molar refractivity (Wildman–Crippen MR) is 159 cm³/mol. The number of aliphatic carboxylic acids is 1. The number of carboxylic acid groups (broad SMARTS) is 1. The van der Waals surface area contributed by atoms with Crippen LogP contribution < -0.4 is 19.7 Å². The van der Waals surface area contributed by atoms with E-state index in [-0.39, 0.29) is 29.5 Å². The molecule has 2 N–H and O–H groups in total. The Bertz CT molecular complexity index is 1460. The van der Waals surface area contributed by atoms with Crippen molar-refractivity contribution < 1.29 is 42.8 Å². The van der Waals surface area contributed by atoms with Crippen molar-refractivity contribution in [1.29, 1.82) is 0 Å². The molecular weight excluding hydrogens is 561 g/mol. The van der Waals surface area contributed by atoms with E-state index in [1.165, 1.54) is 32.5 Å². The van der Waals surface area contributed by atoms with Crippen molar-refractivity contribution in [1.82, 2.24) is 4.98 Å². The SMILES string of the molecule is CCCCCCOC(=O)N(C(=O)OC(C)(C)C)c1nccc2cc(NC(C(=O)O)c3cc(OC)c(OC)cc3F)ccc12. The van der Waals surface area contributed by atoms with Crippen LogP contribution in [0, 0.1) is 5.82 Å². The zero-order chi connectivity index (χ0) is 31.7. The van der Waals surface area contributed by atoms with Gasteiger partial charge in [-0.15, -0.1) is 0 Å². The third kappa shape index (κ3) is 8.46. The summed E-state index contributed by atoms with van der Waals surface area (Å²) in [4.78, 5) is 43.6. The molecule has 1 aromatic heterocycles. The van der Waals surface area contributed by atoms with E-state index in [0.29, 0.717) is 22.9 Å². The summed E-state index contributed by atoms with van der Waals surface area (Å²) in [5, 5.41) is 13.7. The van der Waals surface area contributed by atoms with Gasteiger partial charge < -0.3 is 29.4 Å². The molecule has 43 heavy (non-hydrogen) atoms. The molecule has 2 aromatic carbocycles. The summed E-state index contributed by atoms with van der Waals surface area (Å²) in [7, 11) is 2.71. The van der Waals surface area contributed by atoms with Crippen LogP contribution in [0.2, 0.25) is 0 Å². The molecule has 0 saturated heterocycles. The number of unbranched alkanes of at least 4 members (excludes halogenated alkanes) is 3. The number of nitrogens with one attached hydrogen (secondary N) is 1. The van der Waals surface area contributed by atoms with Crippen LogP contribution in [0.1, 0.15) is 65.0 Å². The number of rotatable bonds is 12. The number of carbonyl (C=O) groups is 3. The number of aromatic nitrogens is 1. The fraction of sp³-hybridized carbons (Fsp3) is 0.419. The van der Waals surface area contributed by atoms with Gasteiger partial charge in [0.15, 0.2) is 23.4 Å². The normalized spacial score (nSPS) is 11.9. The maximum absolute atomic E-state index is 14.9. The van der Waals surface area contributed by atoms with Crippen molar-refractivity contribution >= 4 is 40.4 Å². The number of amides is 2. The number of hydrogen-bond acceptors (Lipinski definition) is 9. The van der Waals surface area contributed by atoms with Gasteiger partial charge in [-0.05, 0) is 62.9 Å². The van der Waals surface area contributed by atoms with Gasteiger partial charge in [0.05, 0.1) is 20.8 Å². The van der Waals surface area contributed by atoms with Crippen LogP contribution in [0.4, 0.5) is 25.5 Å². The summed E-state index contributed by atoms with van der Waals surface area (Å²) in [6.45, 7) is 7.22. The van der Waals surface area contributed by atoms with Crippen LogP contribution in [0.15, 0.2) is 42.6 Å². The second kappa shape index (κ2) is 14.5. The molecule has 0 saturated carbocycles. The number of imide groups is 1. The topological polar surface area (TPSA) is 137 Å². The highest BCUT2D eigenvalue weighted by Crippen LogP contribution is 2.35. The van der Waals surface area contributed by atoms with Gasteiger partial charge in [-0.3, -0.25) is 0 Å². The van der Waals surface area contributed by atoms with E-state index in [0.717, 1.165) is 30.2 Å². The number of anilines is 2. The van der Waals surface area contributed by atoms with Gasteiger partial charge in [0.25, 0.3) is 0 Å². The Morgan fingerprint density at radius 1 is 1.00 bits per heavy atom. The average Bonchev–Trinajstić information content (AvgIpc) is 2.94. The lowest BCUT2D eigenvalue weighted by molar-refractivity contribution is -0.138. The highest BCUT2D eigenvalue weighted by Gasteiger charge is 2.33. The Labute approximate surface area is 249 Å². The molecule has 0 aliphatic carbocycles. The average molecular weight is 600 g/mol. The number of halogens is 1. The van der Waals surface area contributed by atoms with Gasteiger partial charge in [-0.1, -0.05) is 26.2 Å². The first-order valence-electron chi connectivity index (χ1n) is 13.9. The lowest BCUT2D eigenvalue weighted by atomic mass is 10.0. The number of benzene rings is 2. The fourth-order valence-electron chi connectivity index (χ4n) is 4.27. The van der Waals surface area contributed by atoms with Crippen LogP contribution in [-0.2, 0) is 14.3 Å². The minimum Gasteiger partial charge on any atom is -0.493 e. The number of fused-ring (bicyclic) bond motifs is 1. The van der Waals surface area contributed by atoms with Crippen molar-refractivity contribution in [2.75, 3.05) is 31.0 Å². The Morgan fingerprint density at radius 2 is 1.70 bits per heavy atom. The van der Waals surface area contributed by atoms with E-state index in [2.05, 4.69) is 17.2 Å². The van der Waals surface area contributed by atoms with Crippen LogP contribution >= 0.6 is 0 Å². The smallest absolute Gasteiger partial charge is 0.425 e. The Hall–Kier alpha value is -4.61. The van der Waals surface area contributed by atoms with Crippen molar-refractivity contribution in [3.05, 3.63) is 54.0 Å². The third-order valence-electron chi connectivity index (χ3n) is 6.31. The van der Waals surface area contributed by atoms with E-state index in [9.17, 15) is 23.9 Å². The van der Waals surface area contributed by atoms with Crippen LogP contribution in [0.3, 0.4) is 0 Å². The molecule has 0 bridgehead atoms. The standard InChI is InChI=1S/C31H38FN3O8/c1-7-8-9-10-15-42-29(38)35(30(39)43-31(2,3)4)27-21-12-11-20(16-19(21)13-14-33-27)34-26(28(36)37)22-17-24(40-5)25(41-6)18-23(22)32/h11-14,16-18,26,34H,7-10,15H2,1-6H3,(H,36,37). The van der Waals surface area contributed by atoms with Crippen molar-refractivity contribution in [3.63, 3.8) is 0 Å². The molecule has 1 atom stereocenters. The van der Waals surface area contributed by atoms with Crippen LogP contribution in [0.5, 0.6) is 11.5 Å². The van der Waals surface area contributed by atoms with Gasteiger partial charge >= 0.3 is 18.2 Å². The molecular formula is C31H38FN3O8. The van der Waals surface area contributed by atoms with Gasteiger partial charge in [-0.25, -0.2) is 23.8 Å². The number of carboxylic acids is 1. The maximum Gasteiger partial charge on any atom is 0.425 e. The second-order valence-corrected chi connectivity index (χ2v) is 10.7. The van der Waals surface area contributed by atoms with Gasteiger partial charge in [0.2, 0.25) is 0 Å². The van der Waals surface area contributed by atoms with E-state index in [4.69, 9.17) is 18.9 Å². The molecule has 1 unspecified atom stereocenters. The second-order valence-electron chi connectivity index (χ2n) is 10.7. The van der Waals surface area contributed by atoms with E-state index >= 15 is 0 Å². The summed E-state index contributed by atoms with van der Waals surface area (Å²) < 4.78 is 36.1. The number of hydrogen-bond donors (Lipinski definition) is 2. The molecule has 232 valence electrons. The molecule has 3 rings (SSSR count). The first kappa shape index (κ1) is 32.9. The third-order valence-corrected chi connectivity index (χ3v) is 6.31. The molecule has 1 heterocycles. The zero-order valence-electron chi connectivity index (χ0n) is 25.2. The van der Waals surface area contributed by atoms with E-state index < -0.39 is 35.6 Å². The van der Waals surface area contributed by atoms with Crippen LogP contribution in [-0.4, -0.2) is 54.7 Å². The fourth-order valence-corrected chi connectivity index (χ4v) is 4.27. The molecule has 11 nitrogen and oxygen atoms in total. The summed E-state index contributed by atoms with van der Waals surface area (Å²) in [6.07, 6.45) is 3.05. The van der Waals surface area contributed by atoms with Gasteiger partial charge in [0.1, 0.15) is 11.4 Å². The lowest BCUT2D eigenvalue weighted by Gasteiger charge is -2.26. The highest BCUT2D eigenvalue weighted by atomic mass is 19.1. The molecule has 0 radical (unpaired) electrons. The molecule has 2 amide bonds. The minimum atomic E-state index is -1.49. The zero-order valence-corrected chi connectivity index (χ0v) is 25.2. The predicted octanol–water partition coefficient (Wildman–Crippen LogP) is 7.09. The Kier molecular flexibility index (Phi) is 11.1. The Balaban J connectivity index is 1.98. The number of nitrogens with zero attached hydrogens (tertiary/aromatic N) is 2.